The highest BCUT2D eigenvalue weighted by molar-refractivity contribution is 7.92. The number of amides is 2. The molecule has 3 rings (SSSR count). The van der Waals surface area contributed by atoms with Crippen molar-refractivity contribution in [1.82, 2.24) is 10.2 Å². The zero-order valence-electron chi connectivity index (χ0n) is 20.9. The van der Waals surface area contributed by atoms with Crippen molar-refractivity contribution in [2.45, 2.75) is 31.3 Å². The predicted octanol–water partition coefficient (Wildman–Crippen LogP) is 3.58. The summed E-state index contributed by atoms with van der Waals surface area (Å²) in [5.74, 6) is -1.02. The van der Waals surface area contributed by atoms with Crippen molar-refractivity contribution in [3.05, 3.63) is 90.2 Å². The number of sulfonamides is 1. The van der Waals surface area contributed by atoms with Gasteiger partial charge in [0.05, 0.1) is 17.7 Å². The molecule has 0 aliphatic carbocycles. The molecule has 0 fully saturated rings. The number of methoxy groups -OCH3 is 1. The average molecular weight is 528 g/mol. The molecule has 0 radical (unpaired) electrons. The van der Waals surface area contributed by atoms with Crippen LogP contribution in [0.15, 0.2) is 83.8 Å². The molecule has 0 aliphatic heterocycles. The van der Waals surface area contributed by atoms with Gasteiger partial charge in [0.15, 0.2) is 0 Å². The Hall–Kier alpha value is -3.92. The summed E-state index contributed by atoms with van der Waals surface area (Å²) >= 11 is 0. The Morgan fingerprint density at radius 2 is 1.68 bits per heavy atom. The van der Waals surface area contributed by atoms with Crippen LogP contribution in [0, 0.1) is 5.82 Å². The molecule has 0 aliphatic rings. The highest BCUT2D eigenvalue weighted by Gasteiger charge is 2.32. The number of carbonyl (C=O) groups excluding carboxylic acids is 2. The maximum atomic E-state index is 13.7. The second-order valence-electron chi connectivity index (χ2n) is 8.24. The minimum Gasteiger partial charge on any atom is -0.497 e. The van der Waals surface area contributed by atoms with Gasteiger partial charge >= 0.3 is 0 Å². The molecule has 3 aromatic carbocycles. The van der Waals surface area contributed by atoms with E-state index >= 15 is 0 Å². The van der Waals surface area contributed by atoms with Crippen LogP contribution in [0.3, 0.4) is 0 Å². The molecule has 10 heteroatoms. The maximum Gasteiger partial charge on any atom is 0.264 e. The Morgan fingerprint density at radius 1 is 1.00 bits per heavy atom. The van der Waals surface area contributed by atoms with E-state index in [2.05, 4.69) is 5.32 Å². The summed E-state index contributed by atoms with van der Waals surface area (Å²) in [6, 6.07) is 18.8. The fourth-order valence-electron chi connectivity index (χ4n) is 3.71. The first-order valence-electron chi connectivity index (χ1n) is 11.7. The van der Waals surface area contributed by atoms with E-state index in [1.807, 2.05) is 0 Å². The highest BCUT2D eigenvalue weighted by Crippen LogP contribution is 2.27. The smallest absolute Gasteiger partial charge is 0.264 e. The summed E-state index contributed by atoms with van der Waals surface area (Å²) in [6.45, 7) is 3.09. The van der Waals surface area contributed by atoms with Crippen molar-refractivity contribution in [3.8, 4) is 5.75 Å². The summed E-state index contributed by atoms with van der Waals surface area (Å²) in [7, 11) is -2.71. The zero-order valence-corrected chi connectivity index (χ0v) is 21.7. The van der Waals surface area contributed by atoms with Gasteiger partial charge in [0.25, 0.3) is 10.0 Å². The van der Waals surface area contributed by atoms with Crippen LogP contribution in [0.4, 0.5) is 10.1 Å². The minimum absolute atomic E-state index is 0.00692. The molecular formula is C27H30FN3O5S. The first-order valence-corrected chi connectivity index (χ1v) is 13.1. The Morgan fingerprint density at radius 3 is 2.30 bits per heavy atom. The summed E-state index contributed by atoms with van der Waals surface area (Å²) in [5, 5.41) is 2.69. The van der Waals surface area contributed by atoms with Crippen molar-refractivity contribution < 1.29 is 27.1 Å². The van der Waals surface area contributed by atoms with Gasteiger partial charge in [-0.25, -0.2) is 12.8 Å². The second-order valence-corrected chi connectivity index (χ2v) is 10.1. The normalized spacial score (nSPS) is 11.9. The zero-order chi connectivity index (χ0) is 27.0. The number of anilines is 1. The van der Waals surface area contributed by atoms with Crippen LogP contribution < -0.4 is 14.4 Å². The van der Waals surface area contributed by atoms with Gasteiger partial charge in [0, 0.05) is 19.2 Å². The van der Waals surface area contributed by atoms with E-state index in [-0.39, 0.29) is 17.1 Å². The standard InChI is InChI=1S/C27H30FN3O5S/c1-4-29-27(33)20(2)30(18-21-13-15-22(28)16-14-21)26(32)19-31(23-9-8-10-24(17-23)36-3)37(34,35)25-11-6-5-7-12-25/h5-17,20H,4,18-19H2,1-3H3,(H,29,33)/t20-/m1/s1. The van der Waals surface area contributed by atoms with Crippen molar-refractivity contribution in [1.29, 1.82) is 0 Å². The number of halogens is 1. The van der Waals surface area contributed by atoms with Gasteiger partial charge in [-0.05, 0) is 55.8 Å². The van der Waals surface area contributed by atoms with Gasteiger partial charge in [0.2, 0.25) is 11.8 Å². The first-order chi connectivity index (χ1) is 17.7. The topological polar surface area (TPSA) is 96.0 Å². The number of ether oxygens (including phenoxy) is 1. The summed E-state index contributed by atoms with van der Waals surface area (Å²) in [4.78, 5) is 27.7. The number of likely N-dealkylation sites (N-methyl/N-ethyl adjacent to an activating group) is 1. The van der Waals surface area contributed by atoms with Crippen LogP contribution in [-0.4, -0.2) is 51.4 Å². The van der Waals surface area contributed by atoms with Crippen molar-refractivity contribution in [3.63, 3.8) is 0 Å². The molecule has 0 heterocycles. The van der Waals surface area contributed by atoms with Crippen LogP contribution in [0.25, 0.3) is 0 Å². The lowest BCUT2D eigenvalue weighted by molar-refractivity contribution is -0.139. The largest absolute Gasteiger partial charge is 0.497 e. The van der Waals surface area contributed by atoms with Crippen LogP contribution in [0.5, 0.6) is 5.75 Å². The number of carbonyl (C=O) groups is 2. The molecular weight excluding hydrogens is 497 g/mol. The van der Waals surface area contributed by atoms with E-state index in [0.717, 1.165) is 4.31 Å². The Balaban J connectivity index is 2.03. The third-order valence-electron chi connectivity index (χ3n) is 5.74. The summed E-state index contributed by atoms with van der Waals surface area (Å²) < 4.78 is 47.1. The lowest BCUT2D eigenvalue weighted by Gasteiger charge is -2.32. The van der Waals surface area contributed by atoms with Crippen LogP contribution in [0.1, 0.15) is 19.4 Å². The fourth-order valence-corrected chi connectivity index (χ4v) is 5.13. The Labute approximate surface area is 216 Å². The number of nitrogens with one attached hydrogen (secondary N) is 1. The van der Waals surface area contributed by atoms with E-state index in [1.54, 1.807) is 50.2 Å². The molecule has 1 N–H and O–H groups in total. The van der Waals surface area contributed by atoms with E-state index in [0.29, 0.717) is 17.9 Å². The quantitative estimate of drug-likeness (QED) is 0.411. The minimum atomic E-state index is -4.16. The summed E-state index contributed by atoms with van der Waals surface area (Å²) in [5.41, 5.74) is 0.814. The number of hydrogen-bond donors (Lipinski definition) is 1. The van der Waals surface area contributed by atoms with Gasteiger partial charge in [-0.15, -0.1) is 0 Å². The molecule has 0 saturated heterocycles. The summed E-state index contributed by atoms with van der Waals surface area (Å²) in [6.07, 6.45) is 0. The molecule has 196 valence electrons. The lowest BCUT2D eigenvalue weighted by Crippen LogP contribution is -2.51. The second kappa shape index (κ2) is 12.4. The van der Waals surface area contributed by atoms with Gasteiger partial charge in [-0.2, -0.15) is 0 Å². The number of nitrogens with zero attached hydrogens (tertiary/aromatic N) is 2. The molecule has 0 bridgehead atoms. The molecule has 0 aromatic heterocycles. The molecule has 8 nitrogen and oxygen atoms in total. The number of hydrogen-bond acceptors (Lipinski definition) is 5. The third kappa shape index (κ3) is 6.85. The molecule has 0 spiro atoms. The van der Waals surface area contributed by atoms with Crippen molar-refractivity contribution in [2.75, 3.05) is 24.5 Å². The van der Waals surface area contributed by atoms with Gasteiger partial charge in [-0.1, -0.05) is 36.4 Å². The molecule has 0 unspecified atom stereocenters. The maximum absolute atomic E-state index is 13.7. The molecule has 3 aromatic rings. The van der Waals surface area contributed by atoms with Crippen molar-refractivity contribution >= 4 is 27.5 Å². The molecule has 37 heavy (non-hydrogen) atoms. The first kappa shape index (κ1) is 27.7. The Bertz CT molecular complexity index is 1320. The molecule has 1 atom stereocenters. The van der Waals surface area contributed by atoms with Gasteiger partial charge in [0.1, 0.15) is 24.2 Å². The third-order valence-corrected chi connectivity index (χ3v) is 7.52. The van der Waals surface area contributed by atoms with E-state index < -0.39 is 40.2 Å². The van der Waals surface area contributed by atoms with Gasteiger partial charge < -0.3 is 15.0 Å². The van der Waals surface area contributed by atoms with Gasteiger partial charge in [-0.3, -0.25) is 13.9 Å². The number of benzene rings is 3. The average Bonchev–Trinajstić information content (AvgIpc) is 2.91. The highest BCUT2D eigenvalue weighted by atomic mass is 32.2. The Kier molecular flexibility index (Phi) is 9.24. The van der Waals surface area contributed by atoms with E-state index in [1.165, 1.54) is 54.5 Å². The lowest BCUT2D eigenvalue weighted by atomic mass is 10.1. The fraction of sp³-hybridized carbons (Fsp3) is 0.259. The molecule has 0 saturated carbocycles. The van der Waals surface area contributed by atoms with Crippen LogP contribution >= 0.6 is 0 Å². The predicted molar refractivity (Wildman–Crippen MR) is 139 cm³/mol. The SMILES string of the molecule is CCNC(=O)[C@@H](C)N(Cc1ccc(F)cc1)C(=O)CN(c1cccc(OC)c1)S(=O)(=O)c1ccccc1. The van der Waals surface area contributed by atoms with Crippen LogP contribution in [-0.2, 0) is 26.2 Å². The monoisotopic (exact) mass is 527 g/mol. The molecule has 2 amide bonds. The van der Waals surface area contributed by atoms with E-state index in [4.69, 9.17) is 4.74 Å². The van der Waals surface area contributed by atoms with Crippen LogP contribution in [0.2, 0.25) is 0 Å². The van der Waals surface area contributed by atoms with E-state index in [9.17, 15) is 22.4 Å². The number of rotatable bonds is 11. The van der Waals surface area contributed by atoms with Crippen molar-refractivity contribution in [2.24, 2.45) is 0 Å².